The van der Waals surface area contributed by atoms with Gasteiger partial charge in [-0.15, -0.1) is 10.2 Å². The molecule has 1 unspecified atom stereocenters. The summed E-state index contributed by atoms with van der Waals surface area (Å²) in [6, 6.07) is 11.4. The van der Waals surface area contributed by atoms with E-state index in [2.05, 4.69) is 15.5 Å². The van der Waals surface area contributed by atoms with Crippen molar-refractivity contribution in [2.24, 2.45) is 0 Å². The first-order valence-electron chi connectivity index (χ1n) is 9.82. The van der Waals surface area contributed by atoms with E-state index < -0.39 is 4.92 Å². The number of ether oxygens (including phenoxy) is 1. The average molecular weight is 476 g/mol. The van der Waals surface area contributed by atoms with Gasteiger partial charge in [-0.3, -0.25) is 14.9 Å². The van der Waals surface area contributed by atoms with Crippen LogP contribution in [0.1, 0.15) is 31.3 Å². The molecule has 0 radical (unpaired) electrons. The zero-order valence-electron chi connectivity index (χ0n) is 17.7. The molecule has 0 aliphatic carbocycles. The summed E-state index contributed by atoms with van der Waals surface area (Å²) in [4.78, 5) is 22.9. The molecule has 32 heavy (non-hydrogen) atoms. The lowest BCUT2D eigenvalue weighted by Gasteiger charge is -2.16. The number of halogens is 1. The summed E-state index contributed by atoms with van der Waals surface area (Å²) in [7, 11) is 0. The van der Waals surface area contributed by atoms with Crippen LogP contribution < -0.4 is 10.1 Å². The minimum atomic E-state index is -0.535. The third-order valence-electron chi connectivity index (χ3n) is 4.57. The highest BCUT2D eigenvalue weighted by molar-refractivity contribution is 7.99. The van der Waals surface area contributed by atoms with Gasteiger partial charge in [0.25, 0.3) is 5.69 Å². The monoisotopic (exact) mass is 475 g/mol. The lowest BCUT2D eigenvalue weighted by molar-refractivity contribution is -0.383. The van der Waals surface area contributed by atoms with E-state index in [-0.39, 0.29) is 29.1 Å². The number of benzene rings is 2. The van der Waals surface area contributed by atoms with Crippen molar-refractivity contribution in [3.63, 3.8) is 0 Å². The fourth-order valence-electron chi connectivity index (χ4n) is 3.01. The summed E-state index contributed by atoms with van der Waals surface area (Å²) < 4.78 is 7.87. The Balaban J connectivity index is 1.66. The van der Waals surface area contributed by atoms with Gasteiger partial charge < -0.3 is 14.6 Å². The SMILES string of the molecule is CCn1c(SCC(=O)Nc2ccccc2[N+](=O)[O-])nnc1C(C)Oc1ccc(Cl)c(C)c1. The lowest BCUT2D eigenvalue weighted by atomic mass is 10.2. The van der Waals surface area contributed by atoms with Gasteiger partial charge in [0.05, 0.1) is 10.7 Å². The molecule has 1 aromatic heterocycles. The number of hydrogen-bond donors (Lipinski definition) is 1. The lowest BCUT2D eigenvalue weighted by Crippen LogP contribution is -2.16. The van der Waals surface area contributed by atoms with Crippen LogP contribution in [0.3, 0.4) is 0 Å². The van der Waals surface area contributed by atoms with Crippen LogP contribution >= 0.6 is 23.4 Å². The van der Waals surface area contributed by atoms with Crippen molar-refractivity contribution in [3.05, 3.63) is 69.0 Å². The fourth-order valence-corrected chi connectivity index (χ4v) is 3.93. The second-order valence-corrected chi connectivity index (χ2v) is 8.22. The smallest absolute Gasteiger partial charge is 0.292 e. The zero-order valence-corrected chi connectivity index (χ0v) is 19.3. The maximum atomic E-state index is 12.4. The van der Waals surface area contributed by atoms with Gasteiger partial charge in [0.15, 0.2) is 17.1 Å². The van der Waals surface area contributed by atoms with Crippen molar-refractivity contribution in [2.75, 3.05) is 11.1 Å². The molecule has 11 heteroatoms. The Hall–Kier alpha value is -3.11. The molecule has 1 atom stereocenters. The highest BCUT2D eigenvalue weighted by atomic mass is 35.5. The Kier molecular flexibility index (Phi) is 7.70. The Bertz CT molecular complexity index is 1140. The Morgan fingerprint density at radius 2 is 2.06 bits per heavy atom. The maximum absolute atomic E-state index is 12.4. The highest BCUT2D eigenvalue weighted by Crippen LogP contribution is 2.28. The number of nitro benzene ring substituents is 1. The molecule has 0 aliphatic rings. The van der Waals surface area contributed by atoms with Gasteiger partial charge >= 0.3 is 0 Å². The van der Waals surface area contributed by atoms with Crippen molar-refractivity contribution < 1.29 is 14.5 Å². The molecule has 1 heterocycles. The summed E-state index contributed by atoms with van der Waals surface area (Å²) in [5, 5.41) is 23.3. The van der Waals surface area contributed by atoms with E-state index in [1.165, 1.54) is 23.9 Å². The number of carbonyl (C=O) groups excluding carboxylic acids is 1. The number of para-hydroxylation sites is 2. The molecule has 2 aromatic carbocycles. The molecule has 3 rings (SSSR count). The van der Waals surface area contributed by atoms with E-state index in [9.17, 15) is 14.9 Å². The Morgan fingerprint density at radius 1 is 1.31 bits per heavy atom. The predicted molar refractivity (Wildman–Crippen MR) is 123 cm³/mol. The second kappa shape index (κ2) is 10.5. The molecule has 0 aliphatic heterocycles. The minimum absolute atomic E-state index is 0.0236. The van der Waals surface area contributed by atoms with E-state index in [0.29, 0.717) is 28.3 Å². The number of amides is 1. The molecule has 9 nitrogen and oxygen atoms in total. The van der Waals surface area contributed by atoms with Crippen LogP contribution in [0.15, 0.2) is 47.6 Å². The molecular formula is C21H22ClN5O4S. The number of anilines is 1. The number of hydrogen-bond acceptors (Lipinski definition) is 7. The van der Waals surface area contributed by atoms with E-state index in [0.717, 1.165) is 5.56 Å². The molecule has 1 amide bonds. The Morgan fingerprint density at radius 3 is 2.75 bits per heavy atom. The normalized spacial score (nSPS) is 11.8. The summed E-state index contributed by atoms with van der Waals surface area (Å²) in [6.07, 6.45) is -0.377. The largest absolute Gasteiger partial charge is 0.483 e. The number of rotatable bonds is 9. The quantitative estimate of drug-likeness (QED) is 0.262. The third-order valence-corrected chi connectivity index (χ3v) is 5.97. The highest BCUT2D eigenvalue weighted by Gasteiger charge is 2.20. The maximum Gasteiger partial charge on any atom is 0.292 e. The first-order valence-corrected chi connectivity index (χ1v) is 11.2. The second-order valence-electron chi connectivity index (χ2n) is 6.87. The van der Waals surface area contributed by atoms with Gasteiger partial charge in [0.1, 0.15) is 11.4 Å². The average Bonchev–Trinajstić information content (AvgIpc) is 3.18. The topological polar surface area (TPSA) is 112 Å². The van der Waals surface area contributed by atoms with Gasteiger partial charge in [0, 0.05) is 17.6 Å². The van der Waals surface area contributed by atoms with Gasteiger partial charge in [-0.1, -0.05) is 35.5 Å². The number of aromatic nitrogens is 3. The number of aryl methyl sites for hydroxylation is 1. The molecule has 0 saturated heterocycles. The molecule has 168 valence electrons. The minimum Gasteiger partial charge on any atom is -0.483 e. The van der Waals surface area contributed by atoms with Gasteiger partial charge in [-0.05, 0) is 50.6 Å². The van der Waals surface area contributed by atoms with Crippen LogP contribution in [-0.2, 0) is 11.3 Å². The third kappa shape index (κ3) is 5.57. The van der Waals surface area contributed by atoms with Crippen molar-refractivity contribution in [1.82, 2.24) is 14.8 Å². The van der Waals surface area contributed by atoms with E-state index >= 15 is 0 Å². The van der Waals surface area contributed by atoms with Gasteiger partial charge in [-0.2, -0.15) is 0 Å². The summed E-state index contributed by atoms with van der Waals surface area (Å²) >= 11 is 7.27. The van der Waals surface area contributed by atoms with Crippen LogP contribution in [-0.4, -0.2) is 31.3 Å². The fraction of sp³-hybridized carbons (Fsp3) is 0.286. The number of thioether (sulfide) groups is 1. The molecule has 0 bridgehead atoms. The molecule has 0 fully saturated rings. The number of nitro groups is 1. The number of carbonyl (C=O) groups is 1. The van der Waals surface area contributed by atoms with Crippen LogP contribution in [0.25, 0.3) is 0 Å². The molecule has 0 spiro atoms. The summed E-state index contributed by atoms with van der Waals surface area (Å²) in [6.45, 7) is 6.31. The number of nitrogens with one attached hydrogen (secondary N) is 1. The first kappa shape index (κ1) is 23.6. The molecule has 1 N–H and O–H groups in total. The van der Waals surface area contributed by atoms with Crippen LogP contribution in [0.5, 0.6) is 5.75 Å². The van der Waals surface area contributed by atoms with E-state index in [1.807, 2.05) is 31.4 Å². The van der Waals surface area contributed by atoms with Crippen LogP contribution in [0, 0.1) is 17.0 Å². The summed E-state index contributed by atoms with van der Waals surface area (Å²) in [5.41, 5.74) is 0.906. The predicted octanol–water partition coefficient (Wildman–Crippen LogP) is 5.04. The van der Waals surface area contributed by atoms with Crippen molar-refractivity contribution in [3.8, 4) is 5.75 Å². The van der Waals surface area contributed by atoms with E-state index in [4.69, 9.17) is 16.3 Å². The standard InChI is InChI=1S/C21H22ClN5O4S/c1-4-26-20(14(3)31-15-9-10-16(22)13(2)11-15)24-25-21(26)32-12-19(28)23-17-7-5-6-8-18(17)27(29)30/h5-11,14H,4,12H2,1-3H3,(H,23,28). The number of nitrogens with zero attached hydrogens (tertiary/aromatic N) is 4. The van der Waals surface area contributed by atoms with E-state index in [1.54, 1.807) is 24.3 Å². The molecule has 3 aromatic rings. The molecule has 0 saturated carbocycles. The Labute approximate surface area is 194 Å². The van der Waals surface area contributed by atoms with Crippen molar-refractivity contribution >= 4 is 40.6 Å². The first-order chi connectivity index (χ1) is 15.3. The zero-order chi connectivity index (χ0) is 23.3. The van der Waals surface area contributed by atoms with Crippen LogP contribution in [0.2, 0.25) is 5.02 Å². The summed E-state index contributed by atoms with van der Waals surface area (Å²) in [5.74, 6) is 0.942. The van der Waals surface area contributed by atoms with Gasteiger partial charge in [-0.25, -0.2) is 0 Å². The van der Waals surface area contributed by atoms with Crippen LogP contribution in [0.4, 0.5) is 11.4 Å². The van der Waals surface area contributed by atoms with Crippen molar-refractivity contribution in [2.45, 2.75) is 38.6 Å². The van der Waals surface area contributed by atoms with Gasteiger partial charge in [0.2, 0.25) is 5.91 Å². The molecular weight excluding hydrogens is 454 g/mol. The van der Waals surface area contributed by atoms with Crippen molar-refractivity contribution in [1.29, 1.82) is 0 Å².